The lowest BCUT2D eigenvalue weighted by Gasteiger charge is -2.01. The Morgan fingerprint density at radius 3 is 2.25 bits per heavy atom. The first-order valence-corrected chi connectivity index (χ1v) is 5.60. The van der Waals surface area contributed by atoms with Gasteiger partial charge in [0.1, 0.15) is 5.75 Å². The fourth-order valence-corrected chi connectivity index (χ4v) is 1.50. The third-order valence-electron chi connectivity index (χ3n) is 2.61. The minimum absolute atomic E-state index is 0.486. The van der Waals surface area contributed by atoms with Gasteiger partial charge in [-0.25, -0.2) is 0 Å². The fourth-order valence-electron chi connectivity index (χ4n) is 1.50. The monoisotopic (exact) mass is 223 g/mol. The molecule has 1 saturated heterocycles. The first-order valence-electron chi connectivity index (χ1n) is 5.60. The highest BCUT2D eigenvalue weighted by Crippen LogP contribution is 2.09. The first-order chi connectivity index (χ1) is 7.76. The normalized spacial score (nSPS) is 18.8. The van der Waals surface area contributed by atoms with Gasteiger partial charge in [-0.1, -0.05) is 17.7 Å². The summed E-state index contributed by atoms with van der Waals surface area (Å²) >= 11 is 0. The van der Waals surface area contributed by atoms with Crippen molar-refractivity contribution in [3.05, 3.63) is 29.8 Å². The Bertz CT molecular complexity index is 278. The van der Waals surface area contributed by atoms with E-state index in [1.54, 1.807) is 14.2 Å². The van der Waals surface area contributed by atoms with E-state index in [0.29, 0.717) is 6.10 Å². The molecule has 1 unspecified atom stereocenters. The number of benzene rings is 1. The highest BCUT2D eigenvalue weighted by Gasteiger charge is 2.11. The Kier molecular flexibility index (Phi) is 5.90. The van der Waals surface area contributed by atoms with Crippen molar-refractivity contribution in [1.82, 2.24) is 5.32 Å². The van der Waals surface area contributed by atoms with E-state index in [1.807, 2.05) is 24.3 Å². The molecule has 3 heteroatoms. The van der Waals surface area contributed by atoms with Gasteiger partial charge in [-0.2, -0.15) is 0 Å². The molecule has 1 aliphatic rings. The van der Waals surface area contributed by atoms with Crippen molar-refractivity contribution in [2.75, 3.05) is 27.3 Å². The predicted octanol–water partition coefficient (Wildman–Crippen LogP) is 2.00. The van der Waals surface area contributed by atoms with E-state index in [1.165, 1.54) is 12.0 Å². The van der Waals surface area contributed by atoms with Crippen LogP contribution in [0.4, 0.5) is 0 Å². The van der Waals surface area contributed by atoms with Crippen LogP contribution in [0.25, 0.3) is 0 Å². The molecule has 0 amide bonds. The second-order valence-corrected chi connectivity index (χ2v) is 3.87. The Morgan fingerprint density at radius 2 is 1.88 bits per heavy atom. The molecule has 0 spiro atoms. The molecule has 1 fully saturated rings. The molecule has 2 rings (SSSR count). The molecule has 16 heavy (non-hydrogen) atoms. The third-order valence-corrected chi connectivity index (χ3v) is 2.61. The van der Waals surface area contributed by atoms with Crippen LogP contribution < -0.4 is 10.1 Å². The summed E-state index contributed by atoms with van der Waals surface area (Å²) in [7, 11) is 3.43. The SMILES string of the molecule is COC1CCNC1.COc1ccc(C)cc1. The molecule has 90 valence electrons. The fraction of sp³-hybridized carbons (Fsp3) is 0.538. The molecule has 1 aromatic carbocycles. The number of aryl methyl sites for hydroxylation is 1. The minimum Gasteiger partial charge on any atom is -0.497 e. The summed E-state index contributed by atoms with van der Waals surface area (Å²) in [5, 5.41) is 3.20. The molecular weight excluding hydrogens is 202 g/mol. The van der Waals surface area contributed by atoms with E-state index < -0.39 is 0 Å². The van der Waals surface area contributed by atoms with Gasteiger partial charge in [-0.3, -0.25) is 0 Å². The van der Waals surface area contributed by atoms with E-state index in [4.69, 9.17) is 9.47 Å². The van der Waals surface area contributed by atoms with Crippen molar-refractivity contribution >= 4 is 0 Å². The number of nitrogens with one attached hydrogen (secondary N) is 1. The van der Waals surface area contributed by atoms with Crippen LogP contribution in [0.2, 0.25) is 0 Å². The molecule has 1 heterocycles. The largest absolute Gasteiger partial charge is 0.497 e. The van der Waals surface area contributed by atoms with Crippen molar-refractivity contribution in [2.24, 2.45) is 0 Å². The van der Waals surface area contributed by atoms with Gasteiger partial charge in [-0.15, -0.1) is 0 Å². The maximum atomic E-state index is 5.05. The van der Waals surface area contributed by atoms with Gasteiger partial charge in [0, 0.05) is 13.7 Å². The molecule has 0 radical (unpaired) electrons. The number of hydrogen-bond donors (Lipinski definition) is 1. The number of rotatable bonds is 2. The summed E-state index contributed by atoms with van der Waals surface area (Å²) in [5.74, 6) is 0.917. The number of ether oxygens (including phenoxy) is 2. The van der Waals surface area contributed by atoms with Crippen molar-refractivity contribution in [2.45, 2.75) is 19.4 Å². The van der Waals surface area contributed by atoms with E-state index in [9.17, 15) is 0 Å². The van der Waals surface area contributed by atoms with Gasteiger partial charge in [-0.05, 0) is 32.0 Å². The standard InChI is InChI=1S/C8H10O.C5H11NO/c1-7-3-5-8(9-2)6-4-7;1-7-5-2-3-6-4-5/h3-6H,1-2H3;5-6H,2-4H2,1H3. The predicted molar refractivity (Wildman–Crippen MR) is 66.0 cm³/mol. The quantitative estimate of drug-likeness (QED) is 0.832. The van der Waals surface area contributed by atoms with E-state index in [0.717, 1.165) is 18.8 Å². The van der Waals surface area contributed by atoms with Crippen LogP contribution in [0.3, 0.4) is 0 Å². The topological polar surface area (TPSA) is 30.5 Å². The molecule has 1 N–H and O–H groups in total. The molecule has 3 nitrogen and oxygen atoms in total. The molecule has 1 aliphatic heterocycles. The van der Waals surface area contributed by atoms with E-state index in [2.05, 4.69) is 12.2 Å². The van der Waals surface area contributed by atoms with Crippen molar-refractivity contribution in [1.29, 1.82) is 0 Å². The minimum atomic E-state index is 0.486. The highest BCUT2D eigenvalue weighted by atomic mass is 16.5. The molecule has 1 atom stereocenters. The third kappa shape index (κ3) is 4.64. The second-order valence-electron chi connectivity index (χ2n) is 3.87. The Balaban J connectivity index is 0.000000165. The van der Waals surface area contributed by atoms with Crippen LogP contribution in [-0.4, -0.2) is 33.4 Å². The van der Waals surface area contributed by atoms with Crippen LogP contribution >= 0.6 is 0 Å². The lowest BCUT2D eigenvalue weighted by molar-refractivity contribution is 0.119. The molecule has 0 aromatic heterocycles. The summed E-state index contributed by atoms with van der Waals surface area (Å²) < 4.78 is 10.0. The van der Waals surface area contributed by atoms with E-state index in [-0.39, 0.29) is 0 Å². The van der Waals surface area contributed by atoms with Crippen LogP contribution in [-0.2, 0) is 4.74 Å². The van der Waals surface area contributed by atoms with Crippen LogP contribution in [0.15, 0.2) is 24.3 Å². The molecule has 0 saturated carbocycles. The molecule has 0 aliphatic carbocycles. The van der Waals surface area contributed by atoms with Gasteiger partial charge in [0.15, 0.2) is 0 Å². The summed E-state index contributed by atoms with van der Waals surface area (Å²) in [5.41, 5.74) is 1.26. The van der Waals surface area contributed by atoms with Crippen molar-refractivity contribution in [3.63, 3.8) is 0 Å². The summed E-state index contributed by atoms with van der Waals surface area (Å²) in [6.45, 7) is 4.22. The second kappa shape index (κ2) is 7.25. The zero-order chi connectivity index (χ0) is 11.8. The highest BCUT2D eigenvalue weighted by molar-refractivity contribution is 5.25. The summed E-state index contributed by atoms with van der Waals surface area (Å²) in [6, 6.07) is 7.96. The zero-order valence-corrected chi connectivity index (χ0v) is 10.3. The molecule has 1 aromatic rings. The number of hydrogen-bond acceptors (Lipinski definition) is 3. The Hall–Kier alpha value is -1.06. The maximum absolute atomic E-state index is 5.05. The number of methoxy groups -OCH3 is 2. The molecule has 0 bridgehead atoms. The van der Waals surface area contributed by atoms with Crippen LogP contribution in [0.1, 0.15) is 12.0 Å². The van der Waals surface area contributed by atoms with E-state index >= 15 is 0 Å². The lowest BCUT2D eigenvalue weighted by atomic mass is 10.2. The summed E-state index contributed by atoms with van der Waals surface area (Å²) in [4.78, 5) is 0. The van der Waals surface area contributed by atoms with Gasteiger partial charge in [0.25, 0.3) is 0 Å². The van der Waals surface area contributed by atoms with Crippen molar-refractivity contribution in [3.8, 4) is 5.75 Å². The molecular formula is C13H21NO2. The smallest absolute Gasteiger partial charge is 0.118 e. The van der Waals surface area contributed by atoms with Crippen molar-refractivity contribution < 1.29 is 9.47 Å². The van der Waals surface area contributed by atoms with Crippen LogP contribution in [0.5, 0.6) is 5.75 Å². The first kappa shape index (κ1) is 13.0. The average Bonchev–Trinajstić information content (AvgIpc) is 2.84. The Labute approximate surface area is 97.8 Å². The van der Waals surface area contributed by atoms with Gasteiger partial charge < -0.3 is 14.8 Å². The van der Waals surface area contributed by atoms with Crippen LogP contribution in [0, 0.1) is 6.92 Å². The van der Waals surface area contributed by atoms with Gasteiger partial charge in [0.05, 0.1) is 13.2 Å². The van der Waals surface area contributed by atoms with Gasteiger partial charge in [0.2, 0.25) is 0 Å². The summed E-state index contributed by atoms with van der Waals surface area (Å²) in [6.07, 6.45) is 1.66. The Morgan fingerprint density at radius 1 is 1.19 bits per heavy atom. The maximum Gasteiger partial charge on any atom is 0.118 e. The lowest BCUT2D eigenvalue weighted by Crippen LogP contribution is -2.14. The zero-order valence-electron chi connectivity index (χ0n) is 10.3. The average molecular weight is 223 g/mol. The van der Waals surface area contributed by atoms with Gasteiger partial charge >= 0.3 is 0 Å².